The number of β-lactam (4-membered cyclic amide) rings is 1. The maximum Gasteiger partial charge on any atom is 0.413 e. The first-order valence-electron chi connectivity index (χ1n) is 28.9. The summed E-state index contributed by atoms with van der Waals surface area (Å²) in [5.41, 5.74) is 3.32. The van der Waals surface area contributed by atoms with Crippen LogP contribution in [-0.4, -0.2) is 82.1 Å². The van der Waals surface area contributed by atoms with Crippen LogP contribution in [0.3, 0.4) is 0 Å². The Labute approximate surface area is 538 Å². The number of benzene rings is 8. The number of ether oxygens (including phenoxy) is 2. The van der Waals surface area contributed by atoms with Crippen molar-refractivity contribution in [1.29, 1.82) is 0 Å². The summed E-state index contributed by atoms with van der Waals surface area (Å²) in [4.78, 5) is 77.1. The summed E-state index contributed by atoms with van der Waals surface area (Å²) < 4.78 is 14.0. The van der Waals surface area contributed by atoms with Crippen LogP contribution < -0.4 is 10.6 Å². The van der Waals surface area contributed by atoms with E-state index in [-0.39, 0.29) is 28.0 Å². The summed E-state index contributed by atoms with van der Waals surface area (Å²) in [7, 11) is 0. The topological polar surface area (TPSA) is 179 Å². The van der Waals surface area contributed by atoms with Crippen molar-refractivity contribution in [3.8, 4) is 0 Å². The molecule has 10 aromatic rings. The maximum absolute atomic E-state index is 15.3. The highest BCUT2D eigenvalue weighted by atomic mass is 32.2. The van der Waals surface area contributed by atoms with Crippen LogP contribution in [0.15, 0.2) is 275 Å². The number of anilines is 1. The number of fused-ring (bicyclic) bond motifs is 1. The van der Waals surface area contributed by atoms with Crippen LogP contribution in [0, 0.1) is 0 Å². The average Bonchev–Trinajstić information content (AvgIpc) is 0.962. The first-order chi connectivity index (χ1) is 43.9. The molecule has 12 rings (SSSR count). The summed E-state index contributed by atoms with van der Waals surface area (Å²) in [5.74, 6) is -1.78. The Hall–Kier alpha value is -9.53. The van der Waals surface area contributed by atoms with Gasteiger partial charge in [0.25, 0.3) is 11.8 Å². The molecule has 8 aromatic carbocycles. The molecule has 0 aliphatic carbocycles. The molecule has 0 saturated carbocycles. The fourth-order valence-electron chi connectivity index (χ4n) is 11.0. The van der Waals surface area contributed by atoms with Gasteiger partial charge in [0.2, 0.25) is 10.8 Å². The van der Waals surface area contributed by atoms with Gasteiger partial charge in [-0.3, -0.25) is 19.8 Å². The molecule has 0 radical (unpaired) electrons. The lowest BCUT2D eigenvalue weighted by Gasteiger charge is -2.49. The van der Waals surface area contributed by atoms with Crippen LogP contribution in [0.25, 0.3) is 0 Å². The number of carbonyl (C=O) groups is 4. The molecule has 2 aromatic heterocycles. The lowest BCUT2D eigenvalue weighted by atomic mass is 9.77. The van der Waals surface area contributed by atoms with Crippen molar-refractivity contribution in [2.45, 2.75) is 60.2 Å². The van der Waals surface area contributed by atoms with Gasteiger partial charge in [-0.05, 0) is 48.6 Å². The maximum atomic E-state index is 15.3. The van der Waals surface area contributed by atoms with E-state index >= 15 is 14.4 Å². The number of oxime groups is 1. The molecule has 3 amide bonds. The molecule has 2 aliphatic heterocycles. The van der Waals surface area contributed by atoms with Crippen molar-refractivity contribution < 1.29 is 33.5 Å². The van der Waals surface area contributed by atoms with Gasteiger partial charge >= 0.3 is 12.1 Å². The van der Waals surface area contributed by atoms with E-state index in [1.807, 2.05) is 211 Å². The Balaban J connectivity index is 0.875. The minimum absolute atomic E-state index is 0.0463. The van der Waals surface area contributed by atoms with E-state index in [2.05, 4.69) is 52.0 Å². The second-order valence-electron chi connectivity index (χ2n) is 21.9. The Morgan fingerprint density at radius 3 is 1.59 bits per heavy atom. The van der Waals surface area contributed by atoms with E-state index in [4.69, 9.17) is 29.5 Å². The Morgan fingerprint density at radius 2 is 1.11 bits per heavy atom. The van der Waals surface area contributed by atoms with E-state index in [0.717, 1.165) is 39.2 Å². The van der Waals surface area contributed by atoms with Crippen molar-refractivity contribution in [1.82, 2.24) is 30.0 Å². The summed E-state index contributed by atoms with van der Waals surface area (Å²) >= 11 is 5.24. The number of hydrogen-bond acceptors (Lipinski definition) is 15. The summed E-state index contributed by atoms with van der Waals surface area (Å²) in [5, 5.41) is 17.3. The largest absolute Gasteiger partial charge is 0.448 e. The second-order valence-corrected chi connectivity index (χ2v) is 26.2. The van der Waals surface area contributed by atoms with E-state index in [1.54, 1.807) is 32.5 Å². The fourth-order valence-corrected chi connectivity index (χ4v) is 15.3. The first-order valence-corrected chi connectivity index (χ1v) is 32.8. The van der Waals surface area contributed by atoms with Crippen molar-refractivity contribution >= 4 is 81.3 Å². The Kier molecular flexibility index (Phi) is 18.3. The molecule has 1 saturated heterocycles. The standard InChI is InChI=1S/C71H60N8O7S4/c1-69(2,3)85-68(83)75-67-73-56(44-88-67)58(77-86-71(53-38-22-9-23-39-53,54-40-24-10-25-41-54)55-42-26-11-27-43-55)62(80)74-59-63(81)79-60(65(82)84-61(48-28-12-4-13-29-48)49-30-14-5-15-31-49)57(45-87-64(59)79)89-47-90-66-72-46-78(76-66)70(50-32-16-6-17-33-50,51-34-18-7-19-35-51)52-36-20-8-21-37-52/h4-44,46,59,61,64H,45,47H2,1-3H3,(H,74,80)(H,73,75,83)/t59-,64+/m1/s1. The predicted octanol–water partition coefficient (Wildman–Crippen LogP) is 14.1. The van der Waals surface area contributed by atoms with Gasteiger partial charge in [-0.15, -0.1) is 40.0 Å². The molecule has 2 aliphatic rings. The number of aromatic nitrogens is 4. The average molecular weight is 1270 g/mol. The molecule has 0 bridgehead atoms. The van der Waals surface area contributed by atoms with Gasteiger partial charge < -0.3 is 19.6 Å². The quantitative estimate of drug-likeness (QED) is 0.0132. The third-order valence-electron chi connectivity index (χ3n) is 15.0. The number of amides is 3. The summed E-state index contributed by atoms with van der Waals surface area (Å²) in [6.07, 6.45) is 0.180. The summed E-state index contributed by atoms with van der Waals surface area (Å²) in [6, 6.07) is 77.0. The summed E-state index contributed by atoms with van der Waals surface area (Å²) in [6.45, 7) is 5.24. The van der Waals surface area contributed by atoms with Crippen LogP contribution >= 0.6 is 46.6 Å². The van der Waals surface area contributed by atoms with Gasteiger partial charge in [0, 0.05) is 32.7 Å². The Bertz CT molecular complexity index is 3950. The van der Waals surface area contributed by atoms with E-state index in [0.29, 0.717) is 31.8 Å². The monoisotopic (exact) mass is 1260 g/mol. The van der Waals surface area contributed by atoms with Crippen LogP contribution in [0.4, 0.5) is 9.93 Å². The van der Waals surface area contributed by atoms with Crippen molar-refractivity contribution in [3.05, 3.63) is 315 Å². The number of nitrogens with one attached hydrogen (secondary N) is 2. The lowest BCUT2D eigenvalue weighted by Crippen LogP contribution is -2.71. The second kappa shape index (κ2) is 27.1. The van der Waals surface area contributed by atoms with E-state index in [9.17, 15) is 4.79 Å². The molecule has 1 fully saturated rings. The van der Waals surface area contributed by atoms with Gasteiger partial charge in [-0.2, -0.15) is 0 Å². The highest BCUT2D eigenvalue weighted by molar-refractivity contribution is 8.18. The zero-order valence-electron chi connectivity index (χ0n) is 49.1. The smallest absolute Gasteiger partial charge is 0.413 e. The normalized spacial score (nSPS) is 15.1. The number of thioether (sulfide) groups is 3. The van der Waals surface area contributed by atoms with E-state index < -0.39 is 58.1 Å². The number of esters is 1. The van der Waals surface area contributed by atoms with Gasteiger partial charge in [-0.1, -0.05) is 260 Å². The van der Waals surface area contributed by atoms with Crippen molar-refractivity contribution in [3.63, 3.8) is 0 Å². The number of carbonyl (C=O) groups excluding carboxylic acids is 4. The third-order valence-corrected chi connectivity index (χ3v) is 19.3. The third kappa shape index (κ3) is 12.7. The molecule has 90 heavy (non-hydrogen) atoms. The molecule has 0 spiro atoms. The molecular weight excluding hydrogens is 1210 g/mol. The molecule has 0 unspecified atom stereocenters. The molecule has 2 atom stereocenters. The van der Waals surface area contributed by atoms with Crippen LogP contribution in [0.5, 0.6) is 0 Å². The number of hydrogen-bond donors (Lipinski definition) is 2. The first kappa shape index (κ1) is 60.7. The van der Waals surface area contributed by atoms with Crippen LogP contribution in [-0.2, 0) is 39.8 Å². The number of nitrogens with zero attached hydrogens (tertiary/aromatic N) is 6. The predicted molar refractivity (Wildman–Crippen MR) is 355 cm³/mol. The zero-order chi connectivity index (χ0) is 62.1. The van der Waals surface area contributed by atoms with Gasteiger partial charge in [0.1, 0.15) is 40.3 Å². The van der Waals surface area contributed by atoms with Gasteiger partial charge in [0.15, 0.2) is 16.9 Å². The number of thiazole rings is 1. The van der Waals surface area contributed by atoms with Crippen molar-refractivity contribution in [2.75, 3.05) is 16.2 Å². The highest BCUT2D eigenvalue weighted by Crippen LogP contribution is 2.47. The van der Waals surface area contributed by atoms with Crippen LogP contribution in [0.2, 0.25) is 0 Å². The van der Waals surface area contributed by atoms with Crippen molar-refractivity contribution in [2.24, 2.45) is 5.16 Å². The van der Waals surface area contributed by atoms with Gasteiger partial charge in [0.05, 0.1) is 5.08 Å². The van der Waals surface area contributed by atoms with Crippen LogP contribution in [0.1, 0.15) is 77.1 Å². The number of rotatable bonds is 21. The lowest BCUT2D eigenvalue weighted by molar-refractivity contribution is -0.154. The minimum atomic E-state index is -1.41. The zero-order valence-corrected chi connectivity index (χ0v) is 52.3. The van der Waals surface area contributed by atoms with Gasteiger partial charge in [-0.25, -0.2) is 24.2 Å². The Morgan fingerprint density at radius 1 is 0.644 bits per heavy atom. The SMILES string of the molecule is CC(C)(C)OC(=O)Nc1nc(C(=NOC(c2ccccc2)(c2ccccc2)c2ccccc2)C(=O)N[C@@H]2C(=O)N3C(C(=O)OC(c4ccccc4)c4ccccc4)=C(SCSc4ncn(C(c5ccccc5)(c5ccccc5)c5ccccc5)n4)CS[C@@H]23)cs1. The molecule has 4 heterocycles. The minimum Gasteiger partial charge on any atom is -0.448 e. The molecule has 2 N–H and O–H groups in total. The molecule has 15 nitrogen and oxygen atoms in total. The fraction of sp³-hybridized carbons (Fsp3) is 0.155. The molecule has 450 valence electrons. The highest BCUT2D eigenvalue weighted by Gasteiger charge is 2.55. The molecular formula is C71H60N8O7S4. The molecule has 19 heteroatoms. The van der Waals surface area contributed by atoms with E-state index in [1.165, 1.54) is 40.2 Å².